The molecule has 28 heavy (non-hydrogen) atoms. The van der Waals surface area contributed by atoms with Crippen LogP contribution in [0.4, 0.5) is 5.69 Å². The third-order valence-electron chi connectivity index (χ3n) is 3.94. The van der Waals surface area contributed by atoms with E-state index in [0.717, 1.165) is 6.20 Å². The number of fused-ring (bicyclic) bond motifs is 1. The van der Waals surface area contributed by atoms with Gasteiger partial charge in [-0.25, -0.2) is 9.59 Å². The second-order valence-electron chi connectivity index (χ2n) is 6.13. The minimum Gasteiger partial charge on any atom is -0.484 e. The molecule has 0 bridgehead atoms. The Labute approximate surface area is 168 Å². The number of esters is 1. The van der Waals surface area contributed by atoms with Crippen LogP contribution in [0.1, 0.15) is 27.2 Å². The molecule has 8 nitrogen and oxygen atoms in total. The molecule has 0 aliphatic carbocycles. The lowest BCUT2D eigenvalue weighted by Crippen LogP contribution is -2.33. The molecule has 2 atom stereocenters. The van der Waals surface area contributed by atoms with Gasteiger partial charge in [-0.1, -0.05) is 18.5 Å². The molecule has 0 amide bonds. The second-order valence-corrected chi connectivity index (χ2v) is 6.53. The van der Waals surface area contributed by atoms with Gasteiger partial charge in [0.1, 0.15) is 6.61 Å². The largest absolute Gasteiger partial charge is 0.484 e. The van der Waals surface area contributed by atoms with Crippen molar-refractivity contribution in [1.82, 2.24) is 0 Å². The van der Waals surface area contributed by atoms with Crippen molar-refractivity contribution in [3.8, 4) is 11.5 Å². The fraction of sp³-hybridized carbons (Fsp3) is 0.474. The van der Waals surface area contributed by atoms with E-state index in [1.165, 1.54) is 0 Å². The molecule has 2 rings (SSSR count). The van der Waals surface area contributed by atoms with E-state index >= 15 is 0 Å². The Morgan fingerprint density at radius 2 is 2.18 bits per heavy atom. The van der Waals surface area contributed by atoms with E-state index in [2.05, 4.69) is 5.32 Å². The highest BCUT2D eigenvalue weighted by Gasteiger charge is 2.25. The van der Waals surface area contributed by atoms with Crippen LogP contribution in [0.2, 0.25) is 5.02 Å². The minimum absolute atomic E-state index is 0.283. The number of hydrogen-bond acceptors (Lipinski definition) is 7. The summed E-state index contributed by atoms with van der Waals surface area (Å²) in [4.78, 5) is 23.4. The highest BCUT2D eigenvalue weighted by molar-refractivity contribution is 6.32. The average molecular weight is 414 g/mol. The van der Waals surface area contributed by atoms with Crippen molar-refractivity contribution in [3.05, 3.63) is 28.9 Å². The van der Waals surface area contributed by atoms with E-state index < -0.39 is 17.5 Å². The molecule has 1 aromatic carbocycles. The number of aliphatic carboxylic acids is 1. The Bertz CT molecular complexity index is 750. The van der Waals surface area contributed by atoms with Crippen LogP contribution in [0, 0.1) is 0 Å². The van der Waals surface area contributed by atoms with E-state index in [1.807, 2.05) is 13.8 Å². The highest BCUT2D eigenvalue weighted by Crippen LogP contribution is 2.41. The lowest BCUT2D eigenvalue weighted by Gasteiger charge is -2.27. The SMILES string of the molecule is CCOCC1COc2c(Cl)cc(NC=C(C(=O)O)C(=O)OC(C)CC)cc2O1. The minimum atomic E-state index is -1.40. The molecular formula is C19H24ClNO7. The van der Waals surface area contributed by atoms with Crippen molar-refractivity contribution in [2.45, 2.75) is 39.4 Å². The Morgan fingerprint density at radius 1 is 1.43 bits per heavy atom. The second kappa shape index (κ2) is 10.2. The maximum atomic E-state index is 12.0. The number of carbonyl (C=O) groups is 2. The summed E-state index contributed by atoms with van der Waals surface area (Å²) < 4.78 is 21.9. The lowest BCUT2D eigenvalue weighted by molar-refractivity contribution is -0.147. The summed E-state index contributed by atoms with van der Waals surface area (Å²) in [5.41, 5.74) is -0.0972. The zero-order valence-electron chi connectivity index (χ0n) is 16.0. The van der Waals surface area contributed by atoms with Crippen LogP contribution in [0.3, 0.4) is 0 Å². The van der Waals surface area contributed by atoms with Crippen LogP contribution < -0.4 is 14.8 Å². The summed E-state index contributed by atoms with van der Waals surface area (Å²) >= 11 is 6.22. The molecular weight excluding hydrogens is 390 g/mol. The van der Waals surface area contributed by atoms with Gasteiger partial charge in [0.2, 0.25) is 0 Å². The zero-order valence-corrected chi connectivity index (χ0v) is 16.7. The Hall–Kier alpha value is -2.45. The molecule has 2 N–H and O–H groups in total. The van der Waals surface area contributed by atoms with Crippen LogP contribution in [0.25, 0.3) is 0 Å². The van der Waals surface area contributed by atoms with Crippen molar-refractivity contribution in [3.63, 3.8) is 0 Å². The summed E-state index contributed by atoms with van der Waals surface area (Å²) in [6.07, 6.45) is 0.967. The standard InChI is InChI=1S/C19H24ClNO7/c1-4-11(3)27-19(24)14(18(22)23)8-21-12-6-15(20)17-16(7-12)28-13(10-26-17)9-25-5-2/h6-8,11,13,21H,4-5,9-10H2,1-3H3,(H,22,23). The van der Waals surface area contributed by atoms with E-state index in [0.29, 0.717) is 48.5 Å². The van der Waals surface area contributed by atoms with Crippen molar-refractivity contribution in [1.29, 1.82) is 0 Å². The Balaban J connectivity index is 2.17. The molecule has 154 valence electrons. The van der Waals surface area contributed by atoms with Gasteiger partial charge in [0.15, 0.2) is 23.2 Å². The molecule has 1 aliphatic heterocycles. The summed E-state index contributed by atoms with van der Waals surface area (Å²) in [6, 6.07) is 3.15. The molecule has 0 radical (unpaired) electrons. The van der Waals surface area contributed by atoms with Crippen molar-refractivity contribution >= 4 is 29.2 Å². The number of halogens is 1. The van der Waals surface area contributed by atoms with Crippen molar-refractivity contribution in [2.75, 3.05) is 25.1 Å². The number of nitrogens with one attached hydrogen (secondary N) is 1. The van der Waals surface area contributed by atoms with E-state index in [-0.39, 0.29) is 12.2 Å². The third-order valence-corrected chi connectivity index (χ3v) is 4.22. The van der Waals surface area contributed by atoms with Crippen LogP contribution in [0.5, 0.6) is 11.5 Å². The van der Waals surface area contributed by atoms with Crippen LogP contribution in [0.15, 0.2) is 23.9 Å². The molecule has 1 aliphatic rings. The highest BCUT2D eigenvalue weighted by atomic mass is 35.5. The number of rotatable bonds is 9. The number of ether oxygens (including phenoxy) is 4. The van der Waals surface area contributed by atoms with E-state index in [9.17, 15) is 14.7 Å². The fourth-order valence-corrected chi connectivity index (χ4v) is 2.56. The number of carbonyl (C=O) groups excluding carboxylic acids is 1. The van der Waals surface area contributed by atoms with Gasteiger partial charge in [0.25, 0.3) is 0 Å². The van der Waals surface area contributed by atoms with E-state index in [4.69, 9.17) is 30.5 Å². The third kappa shape index (κ3) is 5.77. The molecule has 0 saturated heterocycles. The maximum Gasteiger partial charge on any atom is 0.347 e. The predicted molar refractivity (Wildman–Crippen MR) is 103 cm³/mol. The number of anilines is 1. The zero-order chi connectivity index (χ0) is 20.7. The normalized spacial score (nSPS) is 17.0. The van der Waals surface area contributed by atoms with Crippen LogP contribution in [-0.4, -0.2) is 49.1 Å². The fourth-order valence-electron chi connectivity index (χ4n) is 2.29. The van der Waals surface area contributed by atoms with Crippen molar-refractivity contribution in [2.24, 2.45) is 0 Å². The topological polar surface area (TPSA) is 103 Å². The Kier molecular flexibility index (Phi) is 7.95. The summed E-state index contributed by atoms with van der Waals surface area (Å²) in [7, 11) is 0. The van der Waals surface area contributed by atoms with Gasteiger partial charge in [0, 0.05) is 24.6 Å². The number of hydrogen-bond donors (Lipinski definition) is 2. The molecule has 0 saturated carbocycles. The average Bonchev–Trinajstić information content (AvgIpc) is 2.65. The molecule has 1 heterocycles. The quantitative estimate of drug-likeness (QED) is 0.275. The van der Waals surface area contributed by atoms with Gasteiger partial charge in [-0.15, -0.1) is 0 Å². The number of carboxylic acid groups (broad SMARTS) is 1. The summed E-state index contributed by atoms with van der Waals surface area (Å²) in [5, 5.41) is 12.3. The molecule has 9 heteroatoms. The first-order valence-electron chi connectivity index (χ1n) is 8.97. The summed E-state index contributed by atoms with van der Waals surface area (Å²) in [6.45, 7) is 6.64. The van der Waals surface area contributed by atoms with Gasteiger partial charge >= 0.3 is 11.9 Å². The first-order valence-corrected chi connectivity index (χ1v) is 9.35. The van der Waals surface area contributed by atoms with Gasteiger partial charge in [-0.3, -0.25) is 0 Å². The molecule has 0 fully saturated rings. The number of benzene rings is 1. The predicted octanol–water partition coefficient (Wildman–Crippen LogP) is 3.24. The first-order chi connectivity index (χ1) is 13.3. The van der Waals surface area contributed by atoms with Crippen LogP contribution in [-0.2, 0) is 19.1 Å². The molecule has 1 aromatic rings. The van der Waals surface area contributed by atoms with Crippen molar-refractivity contribution < 1.29 is 33.6 Å². The molecule has 0 aromatic heterocycles. The van der Waals surface area contributed by atoms with Crippen LogP contribution >= 0.6 is 11.6 Å². The van der Waals surface area contributed by atoms with E-state index in [1.54, 1.807) is 19.1 Å². The van der Waals surface area contributed by atoms with Gasteiger partial charge in [-0.2, -0.15) is 0 Å². The molecule has 0 spiro atoms. The Morgan fingerprint density at radius 3 is 2.82 bits per heavy atom. The van der Waals surface area contributed by atoms with Gasteiger partial charge in [-0.05, 0) is 26.3 Å². The van der Waals surface area contributed by atoms with Gasteiger partial charge < -0.3 is 29.4 Å². The number of carboxylic acids is 1. The monoisotopic (exact) mass is 413 g/mol. The summed E-state index contributed by atoms with van der Waals surface area (Å²) in [5.74, 6) is -1.52. The molecule has 2 unspecified atom stereocenters. The lowest BCUT2D eigenvalue weighted by atomic mass is 10.2. The smallest absolute Gasteiger partial charge is 0.347 e. The maximum absolute atomic E-state index is 12.0. The van der Waals surface area contributed by atoms with Gasteiger partial charge in [0.05, 0.1) is 17.7 Å². The first kappa shape index (κ1) is 21.8.